The average Bonchev–Trinajstić information content (AvgIpc) is 2.97. The Bertz CT molecular complexity index is 1210. The fraction of sp³-hybridized carbons (Fsp3) is 0.0435. The van der Waals surface area contributed by atoms with Crippen LogP contribution in [0, 0.1) is 18.6 Å². The molecule has 0 bridgehead atoms. The van der Waals surface area contributed by atoms with E-state index in [4.69, 9.17) is 11.6 Å². The highest BCUT2D eigenvalue weighted by Gasteiger charge is 2.41. The maximum atomic E-state index is 14.4. The van der Waals surface area contributed by atoms with Crippen LogP contribution in [-0.4, -0.2) is 11.8 Å². The average molecular weight is 425 g/mol. The van der Waals surface area contributed by atoms with Crippen molar-refractivity contribution >= 4 is 40.4 Å². The predicted molar refractivity (Wildman–Crippen MR) is 112 cm³/mol. The van der Waals surface area contributed by atoms with Crippen molar-refractivity contribution < 1.29 is 18.4 Å². The smallest absolute Gasteiger partial charge is 0.282 e. The molecule has 0 atom stereocenters. The van der Waals surface area contributed by atoms with E-state index >= 15 is 0 Å². The molecule has 150 valence electrons. The van der Waals surface area contributed by atoms with E-state index in [0.29, 0.717) is 21.2 Å². The molecule has 0 aromatic heterocycles. The molecule has 3 aromatic carbocycles. The van der Waals surface area contributed by atoms with Crippen LogP contribution in [0.3, 0.4) is 0 Å². The van der Waals surface area contributed by atoms with Gasteiger partial charge in [-0.15, -0.1) is 0 Å². The first-order valence-corrected chi connectivity index (χ1v) is 9.41. The van der Waals surface area contributed by atoms with Crippen LogP contribution in [0.15, 0.2) is 72.4 Å². The summed E-state index contributed by atoms with van der Waals surface area (Å²) in [5.41, 5.74) is 1.35. The number of halogens is 3. The topological polar surface area (TPSA) is 49.4 Å². The Morgan fingerprint density at radius 1 is 0.900 bits per heavy atom. The largest absolute Gasteiger partial charge is 0.350 e. The number of amides is 2. The summed E-state index contributed by atoms with van der Waals surface area (Å²) in [5.74, 6) is -3.19. The molecule has 0 aliphatic carbocycles. The number of benzene rings is 3. The highest BCUT2D eigenvalue weighted by Crippen LogP contribution is 2.35. The first-order chi connectivity index (χ1) is 14.4. The molecule has 3 aromatic rings. The minimum atomic E-state index is -0.884. The van der Waals surface area contributed by atoms with Crippen LogP contribution in [0.25, 0.3) is 5.57 Å². The lowest BCUT2D eigenvalue weighted by atomic mass is 10.0. The summed E-state index contributed by atoms with van der Waals surface area (Å²) in [6, 6.07) is 16.2. The summed E-state index contributed by atoms with van der Waals surface area (Å²) in [7, 11) is 0. The normalized spacial score (nSPS) is 13.9. The summed E-state index contributed by atoms with van der Waals surface area (Å²) >= 11 is 6.07. The van der Waals surface area contributed by atoms with Gasteiger partial charge in [-0.2, -0.15) is 0 Å². The van der Waals surface area contributed by atoms with E-state index in [0.717, 1.165) is 23.8 Å². The Morgan fingerprint density at radius 2 is 1.63 bits per heavy atom. The molecule has 0 saturated carbocycles. The van der Waals surface area contributed by atoms with Crippen LogP contribution in [0.1, 0.15) is 11.1 Å². The van der Waals surface area contributed by atoms with Gasteiger partial charge in [0.15, 0.2) is 0 Å². The number of carbonyl (C=O) groups is 2. The molecule has 4 nitrogen and oxygen atoms in total. The van der Waals surface area contributed by atoms with E-state index in [1.54, 1.807) is 48.5 Å². The molecule has 2 amide bonds. The molecular formula is C23H15ClF2N2O2. The third kappa shape index (κ3) is 3.46. The molecule has 1 aliphatic rings. The van der Waals surface area contributed by atoms with Gasteiger partial charge in [0.25, 0.3) is 11.8 Å². The standard InChI is InChI=1S/C23H15ClF2N2O2/c1-13-7-8-15(24)11-18(13)27-21-20(14-5-3-2-4-6-14)22(29)28(23(21)30)19-12-16(25)9-10-17(19)26/h2-12,27H,1H3. The summed E-state index contributed by atoms with van der Waals surface area (Å²) in [4.78, 5) is 27.1. The van der Waals surface area contributed by atoms with Crippen LogP contribution in [0.2, 0.25) is 5.02 Å². The van der Waals surface area contributed by atoms with Crippen molar-refractivity contribution in [2.24, 2.45) is 0 Å². The minimum absolute atomic E-state index is 0.0415. The van der Waals surface area contributed by atoms with E-state index in [-0.39, 0.29) is 11.3 Å². The van der Waals surface area contributed by atoms with Crippen molar-refractivity contribution in [1.82, 2.24) is 0 Å². The lowest BCUT2D eigenvalue weighted by Gasteiger charge is -2.16. The third-order valence-electron chi connectivity index (χ3n) is 4.75. The maximum absolute atomic E-state index is 14.4. The number of aryl methyl sites for hydroxylation is 1. The lowest BCUT2D eigenvalue weighted by molar-refractivity contribution is -0.120. The summed E-state index contributed by atoms with van der Waals surface area (Å²) in [6.45, 7) is 1.81. The molecule has 1 N–H and O–H groups in total. The molecule has 0 unspecified atom stereocenters. The van der Waals surface area contributed by atoms with Crippen LogP contribution < -0.4 is 10.2 Å². The lowest BCUT2D eigenvalue weighted by Crippen LogP contribution is -2.33. The first kappa shape index (κ1) is 19.8. The van der Waals surface area contributed by atoms with Gasteiger partial charge < -0.3 is 5.32 Å². The van der Waals surface area contributed by atoms with Crippen molar-refractivity contribution in [3.63, 3.8) is 0 Å². The molecule has 1 aliphatic heterocycles. The number of rotatable bonds is 4. The molecule has 0 radical (unpaired) electrons. The van der Waals surface area contributed by atoms with Crippen LogP contribution in [0.4, 0.5) is 20.2 Å². The second-order valence-corrected chi connectivity index (χ2v) is 7.18. The van der Waals surface area contributed by atoms with Crippen molar-refractivity contribution in [3.05, 3.63) is 100 Å². The Hall–Kier alpha value is -3.51. The van der Waals surface area contributed by atoms with Gasteiger partial charge in [0.05, 0.1) is 11.3 Å². The molecule has 0 spiro atoms. The fourth-order valence-corrected chi connectivity index (χ4v) is 3.43. The zero-order valence-electron chi connectivity index (χ0n) is 15.7. The number of nitrogens with zero attached hydrogens (tertiary/aromatic N) is 1. The monoisotopic (exact) mass is 424 g/mol. The molecule has 1 heterocycles. The molecule has 7 heteroatoms. The Morgan fingerprint density at radius 3 is 2.37 bits per heavy atom. The number of carbonyl (C=O) groups excluding carboxylic acids is 2. The van der Waals surface area contributed by atoms with E-state index in [1.807, 2.05) is 6.92 Å². The third-order valence-corrected chi connectivity index (χ3v) is 4.99. The Labute approximate surface area is 176 Å². The Balaban J connectivity index is 1.87. The van der Waals surface area contributed by atoms with Gasteiger partial charge >= 0.3 is 0 Å². The molecular weight excluding hydrogens is 410 g/mol. The van der Waals surface area contributed by atoms with Crippen LogP contribution in [-0.2, 0) is 9.59 Å². The quantitative estimate of drug-likeness (QED) is 0.576. The molecule has 0 fully saturated rings. The zero-order chi connectivity index (χ0) is 21.4. The molecule has 4 rings (SSSR count). The summed E-state index contributed by atoms with van der Waals surface area (Å²) < 4.78 is 28.2. The number of imide groups is 1. The van der Waals surface area contributed by atoms with Crippen molar-refractivity contribution in [3.8, 4) is 0 Å². The van der Waals surface area contributed by atoms with Gasteiger partial charge in [0, 0.05) is 16.8 Å². The minimum Gasteiger partial charge on any atom is -0.350 e. The van der Waals surface area contributed by atoms with E-state index in [2.05, 4.69) is 5.32 Å². The second-order valence-electron chi connectivity index (χ2n) is 6.74. The van der Waals surface area contributed by atoms with E-state index < -0.39 is 29.1 Å². The molecule has 30 heavy (non-hydrogen) atoms. The van der Waals surface area contributed by atoms with Crippen molar-refractivity contribution in [1.29, 1.82) is 0 Å². The number of anilines is 2. The number of hydrogen-bond donors (Lipinski definition) is 1. The highest BCUT2D eigenvalue weighted by atomic mass is 35.5. The molecule has 0 saturated heterocycles. The predicted octanol–water partition coefficient (Wildman–Crippen LogP) is 5.32. The van der Waals surface area contributed by atoms with Gasteiger partial charge in [0.2, 0.25) is 0 Å². The zero-order valence-corrected chi connectivity index (χ0v) is 16.5. The second kappa shape index (κ2) is 7.72. The Kier molecular flexibility index (Phi) is 5.10. The van der Waals surface area contributed by atoms with Crippen LogP contribution in [0.5, 0.6) is 0 Å². The number of nitrogens with one attached hydrogen (secondary N) is 1. The van der Waals surface area contributed by atoms with Gasteiger partial charge in [0.1, 0.15) is 17.3 Å². The summed E-state index contributed by atoms with van der Waals surface area (Å²) in [6.07, 6.45) is 0. The summed E-state index contributed by atoms with van der Waals surface area (Å²) in [5, 5.41) is 3.42. The van der Waals surface area contributed by atoms with Crippen molar-refractivity contribution in [2.45, 2.75) is 6.92 Å². The highest BCUT2D eigenvalue weighted by molar-refractivity contribution is 6.46. The van der Waals surface area contributed by atoms with Gasteiger partial charge in [-0.05, 0) is 42.3 Å². The van der Waals surface area contributed by atoms with Crippen molar-refractivity contribution in [2.75, 3.05) is 10.2 Å². The maximum Gasteiger partial charge on any atom is 0.282 e. The van der Waals surface area contributed by atoms with E-state index in [1.165, 1.54) is 0 Å². The van der Waals surface area contributed by atoms with Gasteiger partial charge in [-0.25, -0.2) is 13.7 Å². The van der Waals surface area contributed by atoms with Gasteiger partial charge in [-0.1, -0.05) is 48.0 Å². The number of hydrogen-bond acceptors (Lipinski definition) is 3. The van der Waals surface area contributed by atoms with Crippen LogP contribution >= 0.6 is 11.6 Å². The fourth-order valence-electron chi connectivity index (χ4n) is 3.26. The van der Waals surface area contributed by atoms with E-state index in [9.17, 15) is 18.4 Å². The SMILES string of the molecule is Cc1ccc(Cl)cc1NC1=C(c2ccccc2)C(=O)N(c2cc(F)ccc2F)C1=O. The first-order valence-electron chi connectivity index (χ1n) is 9.03. The van der Waals surface area contributed by atoms with Gasteiger partial charge in [-0.3, -0.25) is 9.59 Å².